The number of rotatable bonds is 14. The van der Waals surface area contributed by atoms with Gasteiger partial charge in [-0.1, -0.05) is 64.0 Å². The molecular weight excluding hydrogens is 378 g/mol. The maximum Gasteiger partial charge on any atom is 0.333 e. The minimum atomic E-state index is -0.266. The van der Waals surface area contributed by atoms with Crippen molar-refractivity contribution in [1.29, 1.82) is 0 Å². The summed E-state index contributed by atoms with van der Waals surface area (Å²) in [6.07, 6.45) is 15.5. The van der Waals surface area contributed by atoms with Gasteiger partial charge in [-0.15, -0.1) is 17.0 Å². The highest BCUT2D eigenvalue weighted by Crippen LogP contribution is 2.12. The Balaban J connectivity index is 0.00000576. The van der Waals surface area contributed by atoms with E-state index in [1.807, 2.05) is 12.3 Å². The normalized spacial score (nSPS) is 10.1. The number of aromatic nitrogens is 1. The quantitative estimate of drug-likeness (QED) is 0.207. The van der Waals surface area contributed by atoms with E-state index >= 15 is 0 Å². The summed E-state index contributed by atoms with van der Waals surface area (Å²) in [5.41, 5.74) is 1.70. The van der Waals surface area contributed by atoms with E-state index in [0.29, 0.717) is 12.2 Å². The summed E-state index contributed by atoms with van der Waals surface area (Å²) in [5.74, 6) is -0.266. The summed E-state index contributed by atoms with van der Waals surface area (Å²) in [4.78, 5) is 15.5. The summed E-state index contributed by atoms with van der Waals surface area (Å²) < 4.78 is 5.08. The highest BCUT2D eigenvalue weighted by Gasteiger charge is 2.01. The van der Waals surface area contributed by atoms with Crippen molar-refractivity contribution in [3.63, 3.8) is 0 Å². The molecule has 0 bridgehead atoms. The van der Waals surface area contributed by atoms with Gasteiger partial charge in [-0.25, -0.2) is 4.79 Å². The van der Waals surface area contributed by atoms with Gasteiger partial charge in [-0.2, -0.15) is 0 Å². The highest BCUT2D eigenvalue weighted by atomic mass is 79.9. The average molecular weight is 412 g/mol. The molecule has 0 N–H and O–H groups in total. The smallest absolute Gasteiger partial charge is 0.333 e. The lowest BCUT2D eigenvalue weighted by atomic mass is 10.1. The van der Waals surface area contributed by atoms with E-state index in [4.69, 9.17) is 4.74 Å². The van der Waals surface area contributed by atoms with Gasteiger partial charge in [0, 0.05) is 17.5 Å². The first-order valence-corrected chi connectivity index (χ1v) is 9.42. The lowest BCUT2D eigenvalue weighted by Gasteiger charge is -2.05. The molecule has 0 atom stereocenters. The molecule has 25 heavy (non-hydrogen) atoms. The number of nitrogens with zero attached hydrogens (tertiary/aromatic N) is 1. The fraction of sp³-hybridized carbons (Fsp3) is 0.619. The van der Waals surface area contributed by atoms with Crippen LogP contribution in [0.5, 0.6) is 0 Å². The van der Waals surface area contributed by atoms with Gasteiger partial charge < -0.3 is 4.74 Å². The fourth-order valence-electron chi connectivity index (χ4n) is 2.66. The molecule has 1 aromatic rings. The van der Waals surface area contributed by atoms with E-state index in [2.05, 4.69) is 23.7 Å². The van der Waals surface area contributed by atoms with Crippen molar-refractivity contribution >= 4 is 23.0 Å². The molecule has 0 saturated carbocycles. The van der Waals surface area contributed by atoms with Crippen LogP contribution < -0.4 is 0 Å². The number of halogens is 1. The SMILES string of the molecule is Br.C=C(C)C(=O)OCCCCCCCCCCCCc1ccccn1. The predicted molar refractivity (Wildman–Crippen MR) is 110 cm³/mol. The monoisotopic (exact) mass is 411 g/mol. The lowest BCUT2D eigenvalue weighted by Crippen LogP contribution is -2.05. The van der Waals surface area contributed by atoms with Crippen molar-refractivity contribution in [1.82, 2.24) is 4.98 Å². The molecule has 1 heterocycles. The van der Waals surface area contributed by atoms with Gasteiger partial charge in [0.2, 0.25) is 0 Å². The Labute approximate surface area is 164 Å². The first kappa shape index (κ1) is 23.8. The zero-order chi connectivity index (χ0) is 17.5. The second-order valence-corrected chi connectivity index (χ2v) is 6.52. The molecule has 142 valence electrons. The molecule has 4 heteroatoms. The molecule has 0 aliphatic rings. The number of aryl methyl sites for hydroxylation is 1. The molecule has 3 nitrogen and oxygen atoms in total. The van der Waals surface area contributed by atoms with E-state index in [9.17, 15) is 4.79 Å². The van der Waals surface area contributed by atoms with Gasteiger partial charge in [-0.3, -0.25) is 4.98 Å². The molecule has 0 amide bonds. The number of pyridine rings is 1. The lowest BCUT2D eigenvalue weighted by molar-refractivity contribution is -0.139. The molecule has 0 fully saturated rings. The zero-order valence-corrected chi connectivity index (χ0v) is 17.4. The Kier molecular flexibility index (Phi) is 15.6. The second-order valence-electron chi connectivity index (χ2n) is 6.52. The van der Waals surface area contributed by atoms with Gasteiger partial charge in [0.05, 0.1) is 6.61 Å². The largest absolute Gasteiger partial charge is 0.462 e. The van der Waals surface area contributed by atoms with E-state index < -0.39 is 0 Å². The van der Waals surface area contributed by atoms with Crippen LogP contribution in [0.15, 0.2) is 36.5 Å². The predicted octanol–water partition coefficient (Wildman–Crippen LogP) is 6.22. The maximum atomic E-state index is 11.2. The van der Waals surface area contributed by atoms with Gasteiger partial charge in [0.25, 0.3) is 0 Å². The van der Waals surface area contributed by atoms with Crippen molar-refractivity contribution in [3.05, 3.63) is 42.2 Å². The van der Waals surface area contributed by atoms with Gasteiger partial charge >= 0.3 is 5.97 Å². The van der Waals surface area contributed by atoms with Crippen molar-refractivity contribution in [3.8, 4) is 0 Å². The van der Waals surface area contributed by atoms with Crippen LogP contribution in [0.3, 0.4) is 0 Å². The summed E-state index contributed by atoms with van der Waals surface area (Å²) in [7, 11) is 0. The van der Waals surface area contributed by atoms with Gasteiger partial charge in [0.15, 0.2) is 0 Å². The van der Waals surface area contributed by atoms with Crippen LogP contribution in [0.25, 0.3) is 0 Å². The van der Waals surface area contributed by atoms with E-state index in [1.54, 1.807) is 6.92 Å². The van der Waals surface area contributed by atoms with Crippen molar-refractivity contribution in [2.24, 2.45) is 0 Å². The third-order valence-corrected chi connectivity index (χ3v) is 4.14. The van der Waals surface area contributed by atoms with Gasteiger partial charge in [-0.05, 0) is 38.3 Å². The highest BCUT2D eigenvalue weighted by molar-refractivity contribution is 8.93. The van der Waals surface area contributed by atoms with Crippen molar-refractivity contribution in [2.75, 3.05) is 6.61 Å². The van der Waals surface area contributed by atoms with Crippen LogP contribution in [0, 0.1) is 0 Å². The molecule has 0 aliphatic heterocycles. The third kappa shape index (κ3) is 13.8. The summed E-state index contributed by atoms with van der Waals surface area (Å²) in [6.45, 7) is 5.78. The van der Waals surface area contributed by atoms with E-state index in [1.165, 1.54) is 57.1 Å². The first-order valence-electron chi connectivity index (χ1n) is 9.42. The van der Waals surface area contributed by atoms with E-state index in [-0.39, 0.29) is 23.0 Å². The summed E-state index contributed by atoms with van der Waals surface area (Å²) in [5, 5.41) is 0. The van der Waals surface area contributed by atoms with Gasteiger partial charge in [0.1, 0.15) is 0 Å². The molecule has 0 unspecified atom stereocenters. The second kappa shape index (κ2) is 16.3. The Morgan fingerprint density at radius 3 is 2.04 bits per heavy atom. The molecule has 1 aromatic heterocycles. The summed E-state index contributed by atoms with van der Waals surface area (Å²) >= 11 is 0. The number of hydrogen-bond donors (Lipinski definition) is 0. The Morgan fingerprint density at radius 2 is 1.52 bits per heavy atom. The third-order valence-electron chi connectivity index (χ3n) is 4.14. The number of ether oxygens (including phenoxy) is 1. The molecular formula is C21H34BrNO2. The minimum Gasteiger partial charge on any atom is -0.462 e. The van der Waals surface area contributed by atoms with Crippen molar-refractivity contribution in [2.45, 2.75) is 77.6 Å². The maximum absolute atomic E-state index is 11.2. The minimum absolute atomic E-state index is 0. The Hall–Kier alpha value is -1.16. The topological polar surface area (TPSA) is 39.2 Å². The Bertz CT molecular complexity index is 462. The number of carbonyl (C=O) groups excluding carboxylic acids is 1. The average Bonchev–Trinajstić information content (AvgIpc) is 2.59. The van der Waals surface area contributed by atoms with Crippen LogP contribution >= 0.6 is 17.0 Å². The number of hydrogen-bond acceptors (Lipinski definition) is 3. The molecule has 0 saturated heterocycles. The zero-order valence-electron chi connectivity index (χ0n) is 15.7. The van der Waals surface area contributed by atoms with Crippen molar-refractivity contribution < 1.29 is 9.53 Å². The van der Waals surface area contributed by atoms with Crippen LogP contribution in [-0.4, -0.2) is 17.6 Å². The molecule has 1 rings (SSSR count). The van der Waals surface area contributed by atoms with Crippen LogP contribution in [-0.2, 0) is 16.0 Å². The first-order chi connectivity index (χ1) is 11.7. The number of carbonyl (C=O) groups is 1. The van der Waals surface area contributed by atoms with Crippen LogP contribution in [0.2, 0.25) is 0 Å². The van der Waals surface area contributed by atoms with E-state index in [0.717, 1.165) is 19.3 Å². The fourth-order valence-corrected chi connectivity index (χ4v) is 2.66. The molecule has 0 spiro atoms. The number of esters is 1. The Morgan fingerprint density at radius 1 is 0.960 bits per heavy atom. The molecule has 0 aliphatic carbocycles. The summed E-state index contributed by atoms with van der Waals surface area (Å²) in [6, 6.07) is 6.14. The van der Waals surface area contributed by atoms with Crippen LogP contribution in [0.4, 0.5) is 0 Å². The standard InChI is InChI=1S/C21H33NO2.BrH/c1-19(2)21(23)24-18-14-10-8-6-4-3-5-7-9-11-15-20-16-12-13-17-22-20;/h12-13,16-17H,1,3-11,14-15,18H2,2H3;1H. The number of unbranched alkanes of at least 4 members (excludes halogenated alkanes) is 9. The molecule has 0 radical (unpaired) electrons. The van der Waals surface area contributed by atoms with Crippen LogP contribution in [0.1, 0.15) is 76.8 Å². The molecule has 0 aromatic carbocycles.